The van der Waals surface area contributed by atoms with Crippen LogP contribution in [0.15, 0.2) is 0 Å². The molecule has 1 aliphatic heterocycles. The van der Waals surface area contributed by atoms with Crippen LogP contribution in [0.1, 0.15) is 13.8 Å². The molecule has 0 amide bonds. The number of carbonyl (C=O) groups is 2. The van der Waals surface area contributed by atoms with E-state index < -0.39 is 23.3 Å². The maximum atomic E-state index is 10.9. The zero-order chi connectivity index (χ0) is 8.65. The SMILES string of the molecule is CC1(C)C(=O)OC[C@H]1C(=O)O. The Bertz CT molecular complexity index is 206. The molecule has 1 atom stereocenters. The van der Waals surface area contributed by atoms with E-state index in [2.05, 4.69) is 4.74 Å². The summed E-state index contributed by atoms with van der Waals surface area (Å²) in [5.74, 6) is -2.10. The molecule has 0 aromatic carbocycles. The van der Waals surface area contributed by atoms with Crippen LogP contribution in [0.25, 0.3) is 0 Å². The first-order chi connectivity index (χ1) is 4.96. The predicted octanol–water partition coefficient (Wildman–Crippen LogP) is 0.270. The van der Waals surface area contributed by atoms with Crippen LogP contribution in [0, 0.1) is 11.3 Å². The van der Waals surface area contributed by atoms with Gasteiger partial charge in [0.2, 0.25) is 0 Å². The van der Waals surface area contributed by atoms with Crippen molar-refractivity contribution < 1.29 is 19.4 Å². The zero-order valence-electron chi connectivity index (χ0n) is 6.46. The Morgan fingerprint density at radius 2 is 2.27 bits per heavy atom. The molecule has 0 saturated carbocycles. The van der Waals surface area contributed by atoms with E-state index >= 15 is 0 Å². The molecule has 1 rings (SSSR count). The smallest absolute Gasteiger partial charge is 0.312 e. The molecule has 1 saturated heterocycles. The van der Waals surface area contributed by atoms with Gasteiger partial charge in [0.25, 0.3) is 0 Å². The third kappa shape index (κ3) is 1.08. The second-order valence-electron chi connectivity index (χ2n) is 3.21. The summed E-state index contributed by atoms with van der Waals surface area (Å²) in [6, 6.07) is 0. The van der Waals surface area contributed by atoms with Gasteiger partial charge in [-0.3, -0.25) is 9.59 Å². The molecular weight excluding hydrogens is 148 g/mol. The normalized spacial score (nSPS) is 28.2. The minimum absolute atomic E-state index is 0.00116. The Hall–Kier alpha value is -1.06. The van der Waals surface area contributed by atoms with Gasteiger partial charge in [-0.05, 0) is 13.8 Å². The number of hydrogen-bond donors (Lipinski definition) is 1. The van der Waals surface area contributed by atoms with E-state index in [0.29, 0.717) is 0 Å². The Morgan fingerprint density at radius 1 is 1.73 bits per heavy atom. The lowest BCUT2D eigenvalue weighted by molar-refractivity contribution is -0.149. The molecule has 0 spiro atoms. The van der Waals surface area contributed by atoms with Crippen LogP contribution in [0.5, 0.6) is 0 Å². The van der Waals surface area contributed by atoms with E-state index in [1.54, 1.807) is 13.8 Å². The molecule has 62 valence electrons. The molecule has 1 fully saturated rings. The number of esters is 1. The number of rotatable bonds is 1. The fraction of sp³-hybridized carbons (Fsp3) is 0.714. The Morgan fingerprint density at radius 3 is 2.45 bits per heavy atom. The molecule has 0 aromatic heterocycles. The number of carboxylic acids is 1. The lowest BCUT2D eigenvalue weighted by atomic mass is 9.81. The molecule has 4 nitrogen and oxygen atoms in total. The summed E-state index contributed by atoms with van der Waals surface area (Å²) >= 11 is 0. The molecule has 0 unspecified atom stereocenters. The van der Waals surface area contributed by atoms with Crippen LogP contribution in [0.2, 0.25) is 0 Å². The summed E-state index contributed by atoms with van der Waals surface area (Å²) in [7, 11) is 0. The Kier molecular flexibility index (Phi) is 1.62. The maximum absolute atomic E-state index is 10.9. The first-order valence-corrected chi connectivity index (χ1v) is 3.36. The summed E-state index contributed by atoms with van der Waals surface area (Å²) in [5, 5.41) is 8.63. The van der Waals surface area contributed by atoms with Crippen molar-refractivity contribution in [3.05, 3.63) is 0 Å². The molecule has 0 radical (unpaired) electrons. The second-order valence-corrected chi connectivity index (χ2v) is 3.21. The monoisotopic (exact) mass is 158 g/mol. The van der Waals surface area contributed by atoms with Gasteiger partial charge in [-0.1, -0.05) is 0 Å². The van der Waals surface area contributed by atoms with Crippen LogP contribution in [0.3, 0.4) is 0 Å². The first kappa shape index (κ1) is 8.04. The summed E-state index contributed by atoms with van der Waals surface area (Å²) < 4.78 is 4.62. The lowest BCUT2D eigenvalue weighted by Crippen LogP contribution is -2.31. The lowest BCUT2D eigenvalue weighted by Gasteiger charge is -2.16. The number of ether oxygens (including phenoxy) is 1. The molecule has 1 N–H and O–H groups in total. The topological polar surface area (TPSA) is 63.6 Å². The van der Waals surface area contributed by atoms with Gasteiger partial charge in [0.1, 0.15) is 12.5 Å². The zero-order valence-corrected chi connectivity index (χ0v) is 6.46. The van der Waals surface area contributed by atoms with Crippen molar-refractivity contribution in [2.75, 3.05) is 6.61 Å². The largest absolute Gasteiger partial charge is 0.481 e. The van der Waals surface area contributed by atoms with E-state index in [0.717, 1.165) is 0 Å². The second kappa shape index (κ2) is 2.22. The number of carbonyl (C=O) groups excluding carboxylic acids is 1. The molecule has 0 bridgehead atoms. The van der Waals surface area contributed by atoms with Crippen molar-refractivity contribution in [1.82, 2.24) is 0 Å². The summed E-state index contributed by atoms with van der Waals surface area (Å²) in [4.78, 5) is 21.5. The van der Waals surface area contributed by atoms with Crippen molar-refractivity contribution >= 4 is 11.9 Å². The van der Waals surface area contributed by atoms with Gasteiger partial charge in [0.05, 0.1) is 5.41 Å². The number of aliphatic carboxylic acids is 1. The Balaban J connectivity index is 2.87. The fourth-order valence-corrected chi connectivity index (χ4v) is 1.08. The molecule has 4 heteroatoms. The highest BCUT2D eigenvalue weighted by Crippen LogP contribution is 2.34. The molecular formula is C7H10O4. The van der Waals surface area contributed by atoms with Gasteiger partial charge in [-0.25, -0.2) is 0 Å². The standard InChI is InChI=1S/C7H10O4/c1-7(2)4(5(8)9)3-11-6(7)10/h4H,3H2,1-2H3,(H,8,9)/t4-/m0/s1. The van der Waals surface area contributed by atoms with Gasteiger partial charge in [0, 0.05) is 0 Å². The van der Waals surface area contributed by atoms with E-state index in [9.17, 15) is 9.59 Å². The van der Waals surface area contributed by atoms with Crippen LogP contribution < -0.4 is 0 Å². The molecule has 1 aliphatic rings. The average Bonchev–Trinajstić information content (AvgIpc) is 2.08. The van der Waals surface area contributed by atoms with E-state index in [1.165, 1.54) is 0 Å². The highest BCUT2D eigenvalue weighted by Gasteiger charge is 2.48. The van der Waals surface area contributed by atoms with Crippen molar-refractivity contribution in [3.8, 4) is 0 Å². The predicted molar refractivity (Wildman–Crippen MR) is 35.9 cm³/mol. The van der Waals surface area contributed by atoms with E-state index in [4.69, 9.17) is 5.11 Å². The quantitative estimate of drug-likeness (QED) is 0.556. The van der Waals surface area contributed by atoms with Crippen molar-refractivity contribution in [2.24, 2.45) is 11.3 Å². The maximum Gasteiger partial charge on any atom is 0.312 e. The average molecular weight is 158 g/mol. The third-order valence-corrected chi connectivity index (χ3v) is 2.08. The molecule has 11 heavy (non-hydrogen) atoms. The van der Waals surface area contributed by atoms with Crippen LogP contribution in [0.4, 0.5) is 0 Å². The number of cyclic esters (lactones) is 1. The van der Waals surface area contributed by atoms with Gasteiger partial charge in [-0.15, -0.1) is 0 Å². The highest BCUT2D eigenvalue weighted by molar-refractivity contribution is 5.86. The Labute approximate surface area is 64.2 Å². The third-order valence-electron chi connectivity index (χ3n) is 2.08. The molecule has 0 aromatic rings. The molecule has 0 aliphatic carbocycles. The molecule has 1 heterocycles. The fourth-order valence-electron chi connectivity index (χ4n) is 1.08. The minimum Gasteiger partial charge on any atom is -0.481 e. The van der Waals surface area contributed by atoms with Crippen LogP contribution in [-0.2, 0) is 14.3 Å². The van der Waals surface area contributed by atoms with E-state index in [1.807, 2.05) is 0 Å². The van der Waals surface area contributed by atoms with E-state index in [-0.39, 0.29) is 6.61 Å². The summed E-state index contributed by atoms with van der Waals surface area (Å²) in [6.07, 6.45) is 0. The minimum atomic E-state index is -0.971. The van der Waals surface area contributed by atoms with Gasteiger partial charge in [0.15, 0.2) is 0 Å². The van der Waals surface area contributed by atoms with Crippen LogP contribution in [-0.4, -0.2) is 23.7 Å². The van der Waals surface area contributed by atoms with Crippen molar-refractivity contribution in [1.29, 1.82) is 0 Å². The van der Waals surface area contributed by atoms with Crippen molar-refractivity contribution in [3.63, 3.8) is 0 Å². The first-order valence-electron chi connectivity index (χ1n) is 3.36. The van der Waals surface area contributed by atoms with Gasteiger partial charge in [-0.2, -0.15) is 0 Å². The summed E-state index contributed by atoms with van der Waals surface area (Å²) in [6.45, 7) is 3.17. The highest BCUT2D eigenvalue weighted by atomic mass is 16.5. The van der Waals surface area contributed by atoms with Gasteiger partial charge >= 0.3 is 11.9 Å². The number of carboxylic acid groups (broad SMARTS) is 1. The van der Waals surface area contributed by atoms with Crippen molar-refractivity contribution in [2.45, 2.75) is 13.8 Å². The summed E-state index contributed by atoms with van der Waals surface area (Å²) in [5.41, 5.74) is -0.869. The number of hydrogen-bond acceptors (Lipinski definition) is 3. The van der Waals surface area contributed by atoms with Crippen LogP contribution >= 0.6 is 0 Å². The van der Waals surface area contributed by atoms with Gasteiger partial charge < -0.3 is 9.84 Å².